The Bertz CT molecular complexity index is 1290. The van der Waals surface area contributed by atoms with Gasteiger partial charge in [-0.05, 0) is 61.2 Å². The molecule has 1 saturated carbocycles. The number of carbonyl (C=O) groups is 1. The van der Waals surface area contributed by atoms with Gasteiger partial charge in [0, 0.05) is 17.0 Å². The van der Waals surface area contributed by atoms with Crippen molar-refractivity contribution in [3.8, 4) is 28.1 Å². The summed E-state index contributed by atoms with van der Waals surface area (Å²) in [6.07, 6.45) is 5.64. The summed E-state index contributed by atoms with van der Waals surface area (Å²) in [5.41, 5.74) is 11.0. The molecule has 2 aromatic carbocycles. The van der Waals surface area contributed by atoms with Gasteiger partial charge in [-0.1, -0.05) is 49.6 Å². The van der Waals surface area contributed by atoms with Gasteiger partial charge in [-0.2, -0.15) is 0 Å². The second-order valence-electron chi connectivity index (χ2n) is 8.71. The zero-order valence-electron chi connectivity index (χ0n) is 19.3. The summed E-state index contributed by atoms with van der Waals surface area (Å²) in [4.78, 5) is 19.4. The molecule has 1 fully saturated rings. The second kappa shape index (κ2) is 9.85. The molecule has 0 unspecified atom stereocenters. The monoisotopic (exact) mass is 471 g/mol. The van der Waals surface area contributed by atoms with E-state index in [-0.39, 0.29) is 11.9 Å². The van der Waals surface area contributed by atoms with Gasteiger partial charge in [0.2, 0.25) is 0 Å². The molecule has 2 heterocycles. The van der Waals surface area contributed by atoms with Crippen molar-refractivity contribution in [2.24, 2.45) is 0 Å². The molecule has 0 bridgehead atoms. The summed E-state index contributed by atoms with van der Waals surface area (Å²) in [5, 5.41) is 4.06. The van der Waals surface area contributed by atoms with Crippen LogP contribution in [0.25, 0.3) is 32.6 Å². The molecular formula is C28H29N3O2S. The number of nitrogen functional groups attached to an aromatic ring is 1. The number of fused-ring (bicyclic) bond motifs is 1. The van der Waals surface area contributed by atoms with E-state index in [9.17, 15) is 4.79 Å². The molecule has 0 saturated heterocycles. The Hall–Kier alpha value is -3.38. The number of thiophene rings is 1. The average molecular weight is 472 g/mol. The number of rotatable bonds is 6. The molecule has 0 atom stereocenters. The third kappa shape index (κ3) is 4.50. The van der Waals surface area contributed by atoms with Crippen LogP contribution in [0.15, 0.2) is 60.7 Å². The van der Waals surface area contributed by atoms with Crippen LogP contribution in [-0.2, 0) is 0 Å². The fourth-order valence-electron chi connectivity index (χ4n) is 4.67. The fourth-order valence-corrected chi connectivity index (χ4v) is 5.69. The van der Waals surface area contributed by atoms with Crippen molar-refractivity contribution in [2.75, 3.05) is 12.3 Å². The third-order valence-electron chi connectivity index (χ3n) is 6.39. The van der Waals surface area contributed by atoms with E-state index in [2.05, 4.69) is 23.5 Å². The topological polar surface area (TPSA) is 77.2 Å². The maximum Gasteiger partial charge on any atom is 0.263 e. The van der Waals surface area contributed by atoms with Crippen molar-refractivity contribution in [2.45, 2.75) is 45.1 Å². The van der Waals surface area contributed by atoms with Gasteiger partial charge in [-0.3, -0.25) is 4.79 Å². The fraction of sp³-hybridized carbons (Fsp3) is 0.286. The number of nitrogens with zero attached hydrogens (tertiary/aromatic N) is 1. The molecule has 2 aromatic heterocycles. The molecule has 174 valence electrons. The number of hydrogen-bond donors (Lipinski definition) is 2. The van der Waals surface area contributed by atoms with Crippen LogP contribution in [0.5, 0.6) is 5.75 Å². The smallest absolute Gasteiger partial charge is 0.263 e. The zero-order valence-corrected chi connectivity index (χ0v) is 20.2. The number of carbonyl (C=O) groups excluding carboxylic acids is 1. The highest BCUT2D eigenvalue weighted by Gasteiger charge is 2.24. The van der Waals surface area contributed by atoms with Crippen LogP contribution in [0.4, 0.5) is 5.69 Å². The summed E-state index contributed by atoms with van der Waals surface area (Å²) in [6, 6.07) is 20.4. The first-order valence-electron chi connectivity index (χ1n) is 12.0. The van der Waals surface area contributed by atoms with E-state index >= 15 is 0 Å². The molecule has 0 spiro atoms. The lowest BCUT2D eigenvalue weighted by Gasteiger charge is -2.22. The Morgan fingerprint density at radius 1 is 1.06 bits per heavy atom. The second-order valence-corrected chi connectivity index (χ2v) is 9.71. The third-order valence-corrected chi connectivity index (χ3v) is 7.49. The lowest BCUT2D eigenvalue weighted by molar-refractivity contribution is 0.0932. The van der Waals surface area contributed by atoms with Gasteiger partial charge in [0.25, 0.3) is 5.91 Å². The van der Waals surface area contributed by atoms with Crippen molar-refractivity contribution in [3.05, 3.63) is 65.5 Å². The van der Waals surface area contributed by atoms with Crippen LogP contribution in [0.3, 0.4) is 0 Å². The van der Waals surface area contributed by atoms with Crippen molar-refractivity contribution < 1.29 is 9.53 Å². The Balaban J connectivity index is 1.59. The molecule has 5 nitrogen and oxygen atoms in total. The summed E-state index contributed by atoms with van der Waals surface area (Å²) in [7, 11) is 0. The zero-order chi connectivity index (χ0) is 23.5. The molecule has 3 N–H and O–H groups in total. The first-order valence-corrected chi connectivity index (χ1v) is 12.8. The predicted octanol–water partition coefficient (Wildman–Crippen LogP) is 6.67. The number of ether oxygens (including phenoxy) is 1. The lowest BCUT2D eigenvalue weighted by atomic mass is 9.95. The highest BCUT2D eigenvalue weighted by Crippen LogP contribution is 2.41. The van der Waals surface area contributed by atoms with Gasteiger partial charge in [-0.15, -0.1) is 11.3 Å². The minimum absolute atomic E-state index is 0.0889. The largest absolute Gasteiger partial charge is 0.494 e. The van der Waals surface area contributed by atoms with Crippen molar-refractivity contribution >= 4 is 33.1 Å². The van der Waals surface area contributed by atoms with Gasteiger partial charge >= 0.3 is 0 Å². The number of aromatic nitrogens is 1. The summed E-state index contributed by atoms with van der Waals surface area (Å²) < 4.78 is 5.59. The van der Waals surface area contributed by atoms with Crippen LogP contribution in [0.2, 0.25) is 0 Å². The number of nitrogens with one attached hydrogen (secondary N) is 1. The van der Waals surface area contributed by atoms with E-state index in [1.165, 1.54) is 17.8 Å². The molecule has 0 aliphatic heterocycles. The first kappa shape index (κ1) is 22.4. The van der Waals surface area contributed by atoms with E-state index in [4.69, 9.17) is 15.5 Å². The highest BCUT2D eigenvalue weighted by molar-refractivity contribution is 7.21. The van der Waals surface area contributed by atoms with E-state index in [1.54, 1.807) is 0 Å². The highest BCUT2D eigenvalue weighted by atomic mass is 32.1. The van der Waals surface area contributed by atoms with Crippen LogP contribution in [-0.4, -0.2) is 23.5 Å². The van der Waals surface area contributed by atoms with Crippen molar-refractivity contribution in [1.82, 2.24) is 10.3 Å². The number of amides is 1. The molecule has 5 rings (SSSR count). The van der Waals surface area contributed by atoms with Crippen molar-refractivity contribution in [3.63, 3.8) is 0 Å². The molecular weight excluding hydrogens is 442 g/mol. The minimum Gasteiger partial charge on any atom is -0.494 e. The minimum atomic E-state index is -0.0889. The van der Waals surface area contributed by atoms with Gasteiger partial charge in [0.05, 0.1) is 18.0 Å². The average Bonchev–Trinajstić information content (AvgIpc) is 3.22. The molecule has 1 aliphatic rings. The number of pyridine rings is 1. The Morgan fingerprint density at radius 3 is 2.50 bits per heavy atom. The van der Waals surface area contributed by atoms with E-state index in [1.807, 2.05) is 49.4 Å². The maximum absolute atomic E-state index is 13.2. The van der Waals surface area contributed by atoms with Gasteiger partial charge in [0.15, 0.2) is 0 Å². The Morgan fingerprint density at radius 2 is 1.79 bits per heavy atom. The SMILES string of the molecule is CCOc1ccc(-c2cc(-c3ccccc3)c3c(N)c(C(=O)NC4CCCCC4)sc3n2)cc1. The molecule has 6 heteroatoms. The number of anilines is 1. The molecule has 4 aromatic rings. The van der Waals surface area contributed by atoms with Gasteiger partial charge in [0.1, 0.15) is 15.5 Å². The maximum atomic E-state index is 13.2. The molecule has 34 heavy (non-hydrogen) atoms. The summed E-state index contributed by atoms with van der Waals surface area (Å²) in [5.74, 6) is 0.742. The van der Waals surface area contributed by atoms with Gasteiger partial charge in [-0.25, -0.2) is 4.98 Å². The first-order chi connectivity index (χ1) is 16.6. The number of nitrogens with two attached hydrogens (primary N) is 1. The summed E-state index contributed by atoms with van der Waals surface area (Å²) in [6.45, 7) is 2.60. The molecule has 0 radical (unpaired) electrons. The standard InChI is InChI=1S/C28H29N3O2S/c1-2-33-21-15-13-19(14-16-21)23-17-22(18-9-5-3-6-10-18)24-25(29)26(34-28(24)31-23)27(32)30-20-11-7-4-8-12-20/h3,5-6,9-10,13-17,20H,2,4,7-8,11-12,29H2,1H3,(H,30,32). The predicted molar refractivity (Wildman–Crippen MR) is 140 cm³/mol. The molecule has 1 aliphatic carbocycles. The normalized spacial score (nSPS) is 14.3. The van der Waals surface area contributed by atoms with Crippen LogP contribution >= 0.6 is 11.3 Å². The molecule has 1 amide bonds. The quantitative estimate of drug-likeness (QED) is 0.329. The van der Waals surface area contributed by atoms with Crippen LogP contribution < -0.4 is 15.8 Å². The lowest BCUT2D eigenvalue weighted by Crippen LogP contribution is -2.36. The summed E-state index contributed by atoms with van der Waals surface area (Å²) >= 11 is 1.38. The Labute approximate surface area is 204 Å². The van der Waals surface area contributed by atoms with E-state index in [0.29, 0.717) is 17.2 Å². The van der Waals surface area contributed by atoms with Crippen LogP contribution in [0.1, 0.15) is 48.7 Å². The van der Waals surface area contributed by atoms with E-state index in [0.717, 1.165) is 64.0 Å². The van der Waals surface area contributed by atoms with Crippen molar-refractivity contribution in [1.29, 1.82) is 0 Å². The number of benzene rings is 2. The number of hydrogen-bond acceptors (Lipinski definition) is 5. The van der Waals surface area contributed by atoms with E-state index < -0.39 is 0 Å². The Kier molecular flexibility index (Phi) is 6.50. The van der Waals surface area contributed by atoms with Crippen LogP contribution in [0, 0.1) is 0 Å². The van der Waals surface area contributed by atoms with Gasteiger partial charge < -0.3 is 15.8 Å².